The Morgan fingerprint density at radius 2 is 2.00 bits per heavy atom. The van der Waals surface area contributed by atoms with Crippen molar-refractivity contribution in [2.45, 2.75) is 6.54 Å². The van der Waals surface area contributed by atoms with E-state index in [2.05, 4.69) is 22.4 Å². The first-order valence-corrected chi connectivity index (χ1v) is 7.71. The first-order chi connectivity index (χ1) is 10.8. The van der Waals surface area contributed by atoms with Crippen LogP contribution in [-0.4, -0.2) is 12.1 Å². The fourth-order valence-electron chi connectivity index (χ4n) is 2.13. The fraction of sp³-hybridized carbons (Fsp3) is 0.118. The van der Waals surface area contributed by atoms with Gasteiger partial charge in [-0.1, -0.05) is 30.3 Å². The quantitative estimate of drug-likeness (QED) is 0.749. The minimum absolute atomic E-state index is 0.303. The number of methoxy groups -OCH3 is 1. The molecule has 1 heterocycles. The number of aromatic nitrogens is 1. The highest BCUT2D eigenvalue weighted by atomic mass is 32.1. The zero-order valence-electron chi connectivity index (χ0n) is 12.0. The van der Waals surface area contributed by atoms with Gasteiger partial charge < -0.3 is 10.1 Å². The maximum atomic E-state index is 13.4. The molecule has 0 saturated carbocycles. The molecular weight excluding hydrogens is 299 g/mol. The van der Waals surface area contributed by atoms with E-state index >= 15 is 0 Å². The molecular formula is C17H15FN2OS. The normalized spacial score (nSPS) is 10.5. The van der Waals surface area contributed by atoms with E-state index in [1.54, 1.807) is 13.2 Å². The predicted octanol–water partition coefficient (Wildman–Crippen LogP) is 4.57. The Kier molecular flexibility index (Phi) is 4.34. The minimum atomic E-state index is -0.303. The lowest BCUT2D eigenvalue weighted by atomic mass is 10.1. The van der Waals surface area contributed by atoms with E-state index in [1.165, 1.54) is 29.0 Å². The molecule has 1 aromatic heterocycles. The second kappa shape index (κ2) is 6.58. The maximum Gasteiger partial charge on any atom is 0.183 e. The van der Waals surface area contributed by atoms with Gasteiger partial charge in [-0.25, -0.2) is 9.37 Å². The number of hydrogen-bond acceptors (Lipinski definition) is 4. The summed E-state index contributed by atoms with van der Waals surface area (Å²) in [5.41, 5.74) is 2.55. The van der Waals surface area contributed by atoms with Crippen molar-refractivity contribution < 1.29 is 9.13 Å². The third kappa shape index (κ3) is 3.26. The lowest BCUT2D eigenvalue weighted by molar-refractivity contribution is 0.415. The second-order valence-electron chi connectivity index (χ2n) is 4.72. The van der Waals surface area contributed by atoms with E-state index in [0.29, 0.717) is 23.6 Å². The van der Waals surface area contributed by atoms with Crippen LogP contribution in [0.2, 0.25) is 0 Å². The summed E-state index contributed by atoms with van der Waals surface area (Å²) in [6, 6.07) is 14.5. The van der Waals surface area contributed by atoms with Crippen molar-refractivity contribution >= 4 is 16.5 Å². The Bertz CT molecular complexity index is 758. The Labute approximate surface area is 132 Å². The molecule has 5 heteroatoms. The molecule has 0 spiro atoms. The number of ether oxygens (including phenoxy) is 1. The Morgan fingerprint density at radius 1 is 1.18 bits per heavy atom. The van der Waals surface area contributed by atoms with Crippen molar-refractivity contribution in [3.8, 4) is 17.0 Å². The molecule has 0 bridgehead atoms. The van der Waals surface area contributed by atoms with E-state index in [1.807, 2.05) is 23.6 Å². The van der Waals surface area contributed by atoms with Crippen molar-refractivity contribution in [1.29, 1.82) is 0 Å². The molecule has 3 aromatic rings. The molecule has 0 amide bonds. The summed E-state index contributed by atoms with van der Waals surface area (Å²) in [7, 11) is 1.57. The average molecular weight is 314 g/mol. The summed E-state index contributed by atoms with van der Waals surface area (Å²) >= 11 is 1.49. The Hall–Kier alpha value is -2.40. The smallest absolute Gasteiger partial charge is 0.183 e. The first-order valence-electron chi connectivity index (χ1n) is 6.83. The van der Waals surface area contributed by atoms with Gasteiger partial charge in [0, 0.05) is 17.5 Å². The summed E-state index contributed by atoms with van der Waals surface area (Å²) in [6.45, 7) is 0.702. The summed E-state index contributed by atoms with van der Waals surface area (Å²) < 4.78 is 18.7. The highest BCUT2D eigenvalue weighted by molar-refractivity contribution is 7.14. The summed E-state index contributed by atoms with van der Waals surface area (Å²) in [4.78, 5) is 4.51. The molecule has 2 aromatic carbocycles. The number of rotatable bonds is 5. The van der Waals surface area contributed by atoms with Crippen LogP contribution < -0.4 is 10.1 Å². The number of halogens is 1. The van der Waals surface area contributed by atoms with Gasteiger partial charge in [-0.3, -0.25) is 0 Å². The average Bonchev–Trinajstić information content (AvgIpc) is 3.03. The van der Waals surface area contributed by atoms with Crippen LogP contribution in [0.5, 0.6) is 5.75 Å². The van der Waals surface area contributed by atoms with Crippen molar-refractivity contribution in [2.75, 3.05) is 12.4 Å². The SMILES string of the molecule is COc1ccc(F)cc1-c1csc(NCc2ccccc2)n1. The van der Waals surface area contributed by atoms with Crippen LogP contribution in [0.4, 0.5) is 9.52 Å². The third-order valence-electron chi connectivity index (χ3n) is 3.23. The molecule has 0 fully saturated rings. The van der Waals surface area contributed by atoms with Gasteiger partial charge >= 0.3 is 0 Å². The number of benzene rings is 2. The molecule has 0 aliphatic rings. The van der Waals surface area contributed by atoms with Crippen molar-refractivity contribution in [2.24, 2.45) is 0 Å². The summed E-state index contributed by atoms with van der Waals surface area (Å²) in [5.74, 6) is 0.309. The monoisotopic (exact) mass is 314 g/mol. The van der Waals surface area contributed by atoms with Gasteiger partial charge in [0.2, 0.25) is 0 Å². The lowest BCUT2D eigenvalue weighted by Crippen LogP contribution is -1.98. The number of nitrogens with zero attached hydrogens (tertiary/aromatic N) is 1. The van der Waals surface area contributed by atoms with Gasteiger partial charge in [-0.2, -0.15) is 0 Å². The highest BCUT2D eigenvalue weighted by Crippen LogP contribution is 2.32. The molecule has 0 atom stereocenters. The van der Waals surface area contributed by atoms with Crippen molar-refractivity contribution in [3.63, 3.8) is 0 Å². The molecule has 1 N–H and O–H groups in total. The zero-order valence-corrected chi connectivity index (χ0v) is 12.9. The summed E-state index contributed by atoms with van der Waals surface area (Å²) in [6.07, 6.45) is 0. The standard InChI is InChI=1S/C17H15FN2OS/c1-21-16-8-7-13(18)9-14(16)15-11-22-17(20-15)19-10-12-5-3-2-4-6-12/h2-9,11H,10H2,1H3,(H,19,20). The minimum Gasteiger partial charge on any atom is -0.496 e. The largest absolute Gasteiger partial charge is 0.496 e. The van der Waals surface area contributed by atoms with Gasteiger partial charge in [0.25, 0.3) is 0 Å². The topological polar surface area (TPSA) is 34.1 Å². The molecule has 0 radical (unpaired) electrons. The molecule has 0 unspecified atom stereocenters. The van der Waals surface area contributed by atoms with E-state index in [4.69, 9.17) is 4.74 Å². The van der Waals surface area contributed by atoms with Gasteiger partial charge in [-0.15, -0.1) is 11.3 Å². The number of anilines is 1. The molecule has 22 heavy (non-hydrogen) atoms. The van der Waals surface area contributed by atoms with Crippen LogP contribution in [0.15, 0.2) is 53.9 Å². The van der Waals surface area contributed by atoms with Crippen LogP contribution >= 0.6 is 11.3 Å². The molecule has 3 rings (SSSR count). The van der Waals surface area contributed by atoms with Crippen molar-refractivity contribution in [3.05, 3.63) is 65.3 Å². The van der Waals surface area contributed by atoms with Crippen molar-refractivity contribution in [1.82, 2.24) is 4.98 Å². The number of nitrogens with one attached hydrogen (secondary N) is 1. The number of thiazole rings is 1. The predicted molar refractivity (Wildman–Crippen MR) is 87.8 cm³/mol. The van der Waals surface area contributed by atoms with Crippen LogP contribution in [-0.2, 0) is 6.54 Å². The lowest BCUT2D eigenvalue weighted by Gasteiger charge is -2.06. The van der Waals surface area contributed by atoms with Gasteiger partial charge in [-0.05, 0) is 23.8 Å². The van der Waals surface area contributed by atoms with E-state index < -0.39 is 0 Å². The summed E-state index contributed by atoms with van der Waals surface area (Å²) in [5, 5.41) is 5.97. The Morgan fingerprint density at radius 3 is 2.77 bits per heavy atom. The van der Waals surface area contributed by atoms with Crippen LogP contribution in [0, 0.1) is 5.82 Å². The fourth-order valence-corrected chi connectivity index (χ4v) is 2.84. The molecule has 3 nitrogen and oxygen atoms in total. The molecule has 0 aliphatic carbocycles. The Balaban J connectivity index is 1.78. The number of hydrogen-bond donors (Lipinski definition) is 1. The van der Waals surface area contributed by atoms with E-state index in [9.17, 15) is 4.39 Å². The van der Waals surface area contributed by atoms with E-state index in [0.717, 1.165) is 5.13 Å². The zero-order chi connectivity index (χ0) is 15.4. The molecule has 0 aliphatic heterocycles. The molecule has 112 valence electrons. The maximum absolute atomic E-state index is 13.4. The van der Waals surface area contributed by atoms with Gasteiger partial charge in [0.1, 0.15) is 11.6 Å². The second-order valence-corrected chi connectivity index (χ2v) is 5.58. The van der Waals surface area contributed by atoms with E-state index in [-0.39, 0.29) is 5.82 Å². The first kappa shape index (κ1) is 14.5. The van der Waals surface area contributed by atoms with Gasteiger partial charge in [0.05, 0.1) is 12.8 Å². The third-order valence-corrected chi connectivity index (χ3v) is 4.03. The highest BCUT2D eigenvalue weighted by Gasteiger charge is 2.11. The van der Waals surface area contributed by atoms with Crippen LogP contribution in [0.25, 0.3) is 11.3 Å². The van der Waals surface area contributed by atoms with Crippen LogP contribution in [0.3, 0.4) is 0 Å². The van der Waals surface area contributed by atoms with Crippen LogP contribution in [0.1, 0.15) is 5.56 Å². The van der Waals surface area contributed by atoms with Gasteiger partial charge in [0.15, 0.2) is 5.13 Å². The molecule has 0 saturated heterocycles.